The number of carbonyl (C=O) groups excluding carboxylic acids is 4. The molecule has 0 bridgehead atoms. The first kappa shape index (κ1) is 31.8. The molecule has 2 fully saturated rings. The van der Waals surface area contributed by atoms with Crippen molar-refractivity contribution in [3.63, 3.8) is 0 Å². The lowest BCUT2D eigenvalue weighted by Crippen LogP contribution is -2.57. The number of terminal acetylenes is 1. The van der Waals surface area contributed by atoms with E-state index in [1.807, 2.05) is 0 Å². The van der Waals surface area contributed by atoms with E-state index in [-0.39, 0.29) is 11.6 Å². The van der Waals surface area contributed by atoms with Crippen LogP contribution in [0.4, 0.5) is 10.5 Å². The lowest BCUT2D eigenvalue weighted by atomic mass is 9.91. The summed E-state index contributed by atoms with van der Waals surface area (Å²) in [4.78, 5) is 73.9. The Bertz CT molecular complexity index is 1270. The number of hydrogen-bond donors (Lipinski definition) is 3. The van der Waals surface area contributed by atoms with Crippen LogP contribution >= 0.6 is 0 Å². The smallest absolute Gasteiger partial charge is 0.348 e. The second-order valence-electron chi connectivity index (χ2n) is 9.49. The number of rotatable bonds is 11. The molecule has 0 aliphatic carbocycles. The maximum Gasteiger partial charge on any atom is 0.348 e. The largest absolute Gasteiger partial charge is 0.479 e. The van der Waals surface area contributed by atoms with Gasteiger partial charge in [-0.25, -0.2) is 14.4 Å². The van der Waals surface area contributed by atoms with E-state index in [1.54, 1.807) is 0 Å². The van der Waals surface area contributed by atoms with Crippen molar-refractivity contribution in [2.75, 3.05) is 24.6 Å². The Morgan fingerprint density at radius 3 is 2.19 bits per heavy atom. The van der Waals surface area contributed by atoms with Crippen molar-refractivity contribution in [3.05, 3.63) is 29.8 Å². The lowest BCUT2D eigenvalue weighted by Gasteiger charge is -2.33. The van der Waals surface area contributed by atoms with Gasteiger partial charge in [0.2, 0.25) is 18.0 Å². The van der Waals surface area contributed by atoms with Gasteiger partial charge in [0.25, 0.3) is 5.60 Å². The molecule has 0 radical (unpaired) electrons. The van der Waals surface area contributed by atoms with Gasteiger partial charge in [0, 0.05) is 46.0 Å². The fourth-order valence-corrected chi connectivity index (χ4v) is 4.62. The average molecular weight is 591 g/mol. The highest BCUT2D eigenvalue weighted by atomic mass is 16.8. The van der Waals surface area contributed by atoms with E-state index in [9.17, 15) is 39.0 Å². The van der Waals surface area contributed by atoms with Crippen molar-refractivity contribution in [2.24, 2.45) is 0 Å². The van der Waals surface area contributed by atoms with E-state index in [2.05, 4.69) is 11.2 Å². The summed E-state index contributed by atoms with van der Waals surface area (Å²) in [5.41, 5.74) is -4.45. The van der Waals surface area contributed by atoms with Gasteiger partial charge in [-0.1, -0.05) is 18.1 Å². The van der Waals surface area contributed by atoms with Gasteiger partial charge in [-0.3, -0.25) is 19.3 Å². The van der Waals surface area contributed by atoms with E-state index in [0.717, 1.165) is 27.2 Å². The summed E-state index contributed by atoms with van der Waals surface area (Å²) in [6, 6.07) is 5.66. The molecule has 2 saturated heterocycles. The molecule has 42 heavy (non-hydrogen) atoms. The molecule has 0 spiro atoms. The van der Waals surface area contributed by atoms with Crippen molar-refractivity contribution in [3.8, 4) is 12.3 Å². The zero-order valence-electron chi connectivity index (χ0n) is 23.0. The maximum absolute atomic E-state index is 12.4. The van der Waals surface area contributed by atoms with Crippen LogP contribution in [0.1, 0.15) is 32.8 Å². The number of carbonyl (C=O) groups is 6. The first-order valence-electron chi connectivity index (χ1n) is 12.7. The molecule has 2 aliphatic heterocycles. The second kappa shape index (κ2) is 12.9. The third kappa shape index (κ3) is 6.61. The van der Waals surface area contributed by atoms with Crippen LogP contribution in [-0.2, 0) is 54.1 Å². The summed E-state index contributed by atoms with van der Waals surface area (Å²) in [5.74, 6) is -4.36. The molecule has 0 aromatic heterocycles. The van der Waals surface area contributed by atoms with E-state index in [1.165, 1.54) is 29.2 Å². The lowest BCUT2D eigenvalue weighted by molar-refractivity contribution is -0.203. The summed E-state index contributed by atoms with van der Waals surface area (Å²) in [5, 5.41) is 22.8. The number of amides is 2. The number of ether oxygens (including phenoxy) is 5. The zero-order chi connectivity index (χ0) is 31.2. The van der Waals surface area contributed by atoms with Crippen molar-refractivity contribution in [1.82, 2.24) is 5.32 Å². The molecule has 15 heteroatoms. The standard InChI is InChI=1S/C27H30N2O13/c1-5-26(42-17(4)32)20(41-22(40-16(3)31)21(26)39-15(2)30)14-38-27(23(33)34,24(35)36)13-18-7-9-19(10-8-18)29-12-6-11-28-25(29)37/h1,7-10,20-22H,6,11-14H2,2-4H3,(H,28,37)(H,33,34)(H,35,36)/t20-,21+,22?,26-/m1/s1. The Balaban J connectivity index is 1.93. The summed E-state index contributed by atoms with van der Waals surface area (Å²) >= 11 is 0. The van der Waals surface area contributed by atoms with Gasteiger partial charge in [-0.05, 0) is 24.1 Å². The number of nitrogens with one attached hydrogen (secondary N) is 1. The minimum Gasteiger partial charge on any atom is -0.479 e. The van der Waals surface area contributed by atoms with E-state index < -0.39 is 72.6 Å². The van der Waals surface area contributed by atoms with Gasteiger partial charge >= 0.3 is 35.9 Å². The maximum atomic E-state index is 12.4. The normalized spacial score (nSPS) is 23.7. The zero-order valence-corrected chi connectivity index (χ0v) is 23.0. The third-order valence-corrected chi connectivity index (χ3v) is 6.51. The molecule has 4 atom stereocenters. The van der Waals surface area contributed by atoms with E-state index in [0.29, 0.717) is 18.8 Å². The second-order valence-corrected chi connectivity index (χ2v) is 9.49. The predicted molar refractivity (Wildman–Crippen MR) is 139 cm³/mol. The third-order valence-electron chi connectivity index (χ3n) is 6.51. The molecule has 1 aromatic carbocycles. The predicted octanol–water partition coefficient (Wildman–Crippen LogP) is 0.228. The van der Waals surface area contributed by atoms with Crippen LogP contribution in [0.3, 0.4) is 0 Å². The molecular weight excluding hydrogens is 560 g/mol. The Morgan fingerprint density at radius 1 is 1.07 bits per heavy atom. The number of esters is 3. The molecular formula is C27H30N2O13. The monoisotopic (exact) mass is 590 g/mol. The number of benzene rings is 1. The molecule has 15 nitrogen and oxygen atoms in total. The van der Waals surface area contributed by atoms with Crippen LogP contribution in [0.15, 0.2) is 24.3 Å². The number of aliphatic carboxylic acids is 2. The Morgan fingerprint density at radius 2 is 1.69 bits per heavy atom. The highest BCUT2D eigenvalue weighted by Gasteiger charge is 2.63. The minimum absolute atomic E-state index is 0.229. The van der Waals surface area contributed by atoms with Gasteiger partial charge < -0.3 is 39.2 Å². The fraction of sp³-hybridized carbons (Fsp3) is 0.481. The molecule has 3 rings (SSSR count). The summed E-state index contributed by atoms with van der Waals surface area (Å²) in [6.07, 6.45) is 0.638. The molecule has 3 N–H and O–H groups in total. The highest BCUT2D eigenvalue weighted by Crippen LogP contribution is 2.38. The quantitative estimate of drug-likeness (QED) is 0.137. The van der Waals surface area contributed by atoms with E-state index in [4.69, 9.17) is 30.1 Å². The first-order valence-corrected chi connectivity index (χ1v) is 12.7. The summed E-state index contributed by atoms with van der Waals surface area (Å²) < 4.78 is 26.6. The minimum atomic E-state index is -2.90. The van der Waals surface area contributed by atoms with Gasteiger partial charge in [-0.15, -0.1) is 6.42 Å². The SMILES string of the molecule is C#C[C@@]1(OC(C)=O)[C@@H](COC(Cc2ccc(N3CCCNC3=O)cc2)(C(=O)O)C(=O)O)OC(OC(C)=O)[C@@H]1OC(C)=O. The van der Waals surface area contributed by atoms with Crippen molar-refractivity contribution < 1.29 is 62.7 Å². The van der Waals surface area contributed by atoms with E-state index >= 15 is 0 Å². The van der Waals surface area contributed by atoms with Crippen LogP contribution in [0, 0.1) is 12.3 Å². The van der Waals surface area contributed by atoms with Crippen LogP contribution in [-0.4, -0.2) is 95.5 Å². The van der Waals surface area contributed by atoms with Crippen molar-refractivity contribution >= 4 is 41.6 Å². The van der Waals surface area contributed by atoms with Gasteiger partial charge in [0.05, 0.1) is 6.61 Å². The number of nitrogens with zero attached hydrogens (tertiary/aromatic N) is 1. The highest BCUT2D eigenvalue weighted by molar-refractivity contribution is 6.02. The number of carboxylic acid groups (broad SMARTS) is 2. The van der Waals surface area contributed by atoms with Gasteiger partial charge in [0.1, 0.15) is 6.10 Å². The molecule has 2 heterocycles. The Hall–Kier alpha value is -4.68. The van der Waals surface area contributed by atoms with Gasteiger partial charge in [-0.2, -0.15) is 0 Å². The van der Waals surface area contributed by atoms with Crippen LogP contribution in [0.5, 0.6) is 0 Å². The molecule has 2 aliphatic rings. The summed E-state index contributed by atoms with van der Waals surface area (Å²) in [7, 11) is 0. The average Bonchev–Trinajstić information content (AvgIpc) is 3.17. The number of hydrogen-bond acceptors (Lipinski definition) is 11. The van der Waals surface area contributed by atoms with Crippen molar-refractivity contribution in [2.45, 2.75) is 63.3 Å². The topological polar surface area (TPSA) is 204 Å². The Kier molecular flexibility index (Phi) is 9.76. The van der Waals surface area contributed by atoms with Gasteiger partial charge in [0.15, 0.2) is 0 Å². The number of carboxylic acids is 2. The van der Waals surface area contributed by atoms with Crippen molar-refractivity contribution in [1.29, 1.82) is 0 Å². The fourth-order valence-electron chi connectivity index (χ4n) is 4.62. The number of urea groups is 1. The molecule has 0 saturated carbocycles. The molecule has 1 aromatic rings. The van der Waals surface area contributed by atoms with Crippen LogP contribution < -0.4 is 10.2 Å². The molecule has 1 unspecified atom stereocenters. The first-order chi connectivity index (χ1) is 19.8. The van der Waals surface area contributed by atoms with Crippen LogP contribution in [0.2, 0.25) is 0 Å². The molecule has 226 valence electrons. The summed E-state index contributed by atoms with van der Waals surface area (Å²) in [6.45, 7) is 3.09. The van der Waals surface area contributed by atoms with Crippen LogP contribution in [0.25, 0.3) is 0 Å². The Labute approximate surface area is 240 Å². The number of anilines is 1. The molecule has 2 amide bonds.